The van der Waals surface area contributed by atoms with Crippen molar-refractivity contribution in [3.05, 3.63) is 107 Å². The summed E-state index contributed by atoms with van der Waals surface area (Å²) in [5.41, 5.74) is 7.21. The Hall–Kier alpha value is -4.79. The van der Waals surface area contributed by atoms with E-state index in [1.807, 2.05) is 92.7 Å². The molecule has 0 bridgehead atoms. The van der Waals surface area contributed by atoms with Gasteiger partial charge in [0, 0.05) is 27.2 Å². The van der Waals surface area contributed by atoms with Crippen LogP contribution in [0.3, 0.4) is 0 Å². The summed E-state index contributed by atoms with van der Waals surface area (Å²) >= 11 is 11.6. The average molecular weight is 593 g/mol. The molecule has 2 heterocycles. The average Bonchev–Trinajstić information content (AvgIpc) is 3.42. The van der Waals surface area contributed by atoms with Crippen molar-refractivity contribution in [2.75, 3.05) is 11.9 Å². The summed E-state index contributed by atoms with van der Waals surface area (Å²) in [6, 6.07) is 28.9. The molecule has 0 aliphatic rings. The lowest BCUT2D eigenvalue weighted by molar-refractivity contribution is -0.121. The van der Waals surface area contributed by atoms with E-state index < -0.39 is 0 Å². The lowest BCUT2D eigenvalue weighted by Gasteiger charge is -2.12. The van der Waals surface area contributed by atoms with E-state index in [4.69, 9.17) is 42.9 Å². The quantitative estimate of drug-likeness (QED) is 0.190. The fourth-order valence-electron chi connectivity index (χ4n) is 4.69. The fourth-order valence-corrected chi connectivity index (χ4v) is 5.03. The van der Waals surface area contributed by atoms with Crippen LogP contribution in [0.4, 0.5) is 5.69 Å². The maximum Gasteiger partial charge on any atom is 0.264 e. The molecule has 0 saturated carbocycles. The Morgan fingerprint density at radius 2 is 1.64 bits per heavy atom. The standard InChI is InChI=1S/C33H25ClN4O3S/c1-19-14-23(15-20(2)31(19)34)40-18-30(39)38-33(42)35-22-12-13-29-28(16-22)37-32(41-29)25-17-27(21-8-4-3-5-9-21)36-26-11-7-6-10-24(25)26/h3-17H,18H2,1-2H3,(H2,35,38,39,42). The fraction of sp³-hybridized carbons (Fsp3) is 0.0909. The zero-order valence-corrected chi connectivity index (χ0v) is 24.3. The molecule has 6 aromatic rings. The van der Waals surface area contributed by atoms with Crippen molar-refractivity contribution in [3.8, 4) is 28.5 Å². The van der Waals surface area contributed by atoms with Gasteiger partial charge in [0.05, 0.1) is 11.2 Å². The highest BCUT2D eigenvalue weighted by Crippen LogP contribution is 2.34. The number of halogens is 1. The Morgan fingerprint density at radius 1 is 0.905 bits per heavy atom. The van der Waals surface area contributed by atoms with Gasteiger partial charge in [-0.15, -0.1) is 0 Å². The van der Waals surface area contributed by atoms with Crippen molar-refractivity contribution in [2.24, 2.45) is 0 Å². The molecule has 0 aliphatic carbocycles. The number of fused-ring (bicyclic) bond motifs is 2. The summed E-state index contributed by atoms with van der Waals surface area (Å²) in [6.07, 6.45) is 0. The molecule has 2 N–H and O–H groups in total. The van der Waals surface area contributed by atoms with Crippen LogP contribution in [0.2, 0.25) is 5.02 Å². The van der Waals surface area contributed by atoms with Gasteiger partial charge in [0.15, 0.2) is 17.3 Å². The number of carbonyl (C=O) groups is 1. The van der Waals surface area contributed by atoms with Crippen LogP contribution in [0.15, 0.2) is 95.4 Å². The monoisotopic (exact) mass is 592 g/mol. The lowest BCUT2D eigenvalue weighted by Crippen LogP contribution is -2.37. The summed E-state index contributed by atoms with van der Waals surface area (Å²) in [4.78, 5) is 22.1. The maximum absolute atomic E-state index is 12.4. The van der Waals surface area contributed by atoms with E-state index in [0.717, 1.165) is 38.9 Å². The molecule has 0 aliphatic heterocycles. The lowest BCUT2D eigenvalue weighted by atomic mass is 10.0. The number of aryl methyl sites for hydroxylation is 2. The van der Waals surface area contributed by atoms with Gasteiger partial charge in [-0.2, -0.15) is 0 Å². The van der Waals surface area contributed by atoms with Crippen LogP contribution < -0.4 is 15.4 Å². The predicted octanol–water partition coefficient (Wildman–Crippen LogP) is 7.87. The normalized spacial score (nSPS) is 11.0. The first-order valence-electron chi connectivity index (χ1n) is 13.2. The predicted molar refractivity (Wildman–Crippen MR) is 171 cm³/mol. The number of nitrogens with one attached hydrogen (secondary N) is 2. The molecule has 0 fully saturated rings. The van der Waals surface area contributed by atoms with E-state index in [9.17, 15) is 4.79 Å². The number of benzene rings is 4. The minimum Gasteiger partial charge on any atom is -0.484 e. The molecule has 0 spiro atoms. The van der Waals surface area contributed by atoms with Crippen LogP contribution in [0.5, 0.6) is 5.75 Å². The van der Waals surface area contributed by atoms with Crippen molar-refractivity contribution < 1.29 is 13.9 Å². The SMILES string of the molecule is Cc1cc(OCC(=O)NC(=S)Nc2ccc3oc(-c4cc(-c5ccccc5)nc5ccccc45)nc3c2)cc(C)c1Cl. The summed E-state index contributed by atoms with van der Waals surface area (Å²) in [6.45, 7) is 3.58. The van der Waals surface area contributed by atoms with E-state index in [1.165, 1.54) is 0 Å². The maximum atomic E-state index is 12.4. The number of carbonyl (C=O) groups excluding carboxylic acids is 1. The van der Waals surface area contributed by atoms with Gasteiger partial charge in [0.25, 0.3) is 5.91 Å². The number of para-hydroxylation sites is 1. The molecular formula is C33H25ClN4O3S. The van der Waals surface area contributed by atoms with E-state index >= 15 is 0 Å². The zero-order chi connectivity index (χ0) is 29.2. The van der Waals surface area contributed by atoms with Crippen LogP contribution in [-0.2, 0) is 4.79 Å². The van der Waals surface area contributed by atoms with Crippen LogP contribution >= 0.6 is 23.8 Å². The number of oxazole rings is 1. The highest BCUT2D eigenvalue weighted by molar-refractivity contribution is 7.80. The Balaban J connectivity index is 1.18. The highest BCUT2D eigenvalue weighted by Gasteiger charge is 2.16. The second-order valence-corrected chi connectivity index (χ2v) is 10.6. The highest BCUT2D eigenvalue weighted by atomic mass is 35.5. The van der Waals surface area contributed by atoms with Gasteiger partial charge in [-0.3, -0.25) is 10.1 Å². The molecule has 4 aromatic carbocycles. The number of aromatic nitrogens is 2. The number of pyridine rings is 1. The number of ether oxygens (including phenoxy) is 1. The number of thiocarbonyl (C=S) groups is 1. The largest absolute Gasteiger partial charge is 0.484 e. The van der Waals surface area contributed by atoms with Crippen LogP contribution in [0.25, 0.3) is 44.7 Å². The summed E-state index contributed by atoms with van der Waals surface area (Å²) < 4.78 is 11.8. The third-order valence-corrected chi connectivity index (χ3v) is 7.49. The van der Waals surface area contributed by atoms with Gasteiger partial charge in [0.1, 0.15) is 11.3 Å². The van der Waals surface area contributed by atoms with E-state index in [0.29, 0.717) is 33.4 Å². The number of hydrogen-bond acceptors (Lipinski definition) is 6. The molecule has 7 nitrogen and oxygen atoms in total. The first kappa shape index (κ1) is 27.4. The second kappa shape index (κ2) is 11.6. The van der Waals surface area contributed by atoms with Gasteiger partial charge >= 0.3 is 0 Å². The van der Waals surface area contributed by atoms with Crippen LogP contribution in [0, 0.1) is 13.8 Å². The molecule has 0 saturated heterocycles. The number of rotatable bonds is 6. The van der Waals surface area contributed by atoms with Gasteiger partial charge in [-0.1, -0.05) is 60.1 Å². The first-order valence-corrected chi connectivity index (χ1v) is 14.0. The number of anilines is 1. The number of nitrogens with zero attached hydrogens (tertiary/aromatic N) is 2. The van der Waals surface area contributed by atoms with E-state index in [-0.39, 0.29) is 17.6 Å². The molecule has 0 atom stereocenters. The van der Waals surface area contributed by atoms with Crippen molar-refractivity contribution >= 4 is 62.5 Å². The third kappa shape index (κ3) is 5.81. The van der Waals surface area contributed by atoms with Gasteiger partial charge in [-0.05, 0) is 79.7 Å². The summed E-state index contributed by atoms with van der Waals surface area (Å²) in [7, 11) is 0. The molecular weight excluding hydrogens is 568 g/mol. The Morgan fingerprint density at radius 3 is 2.43 bits per heavy atom. The molecule has 6 rings (SSSR count). The van der Waals surface area contributed by atoms with Gasteiger partial charge in [-0.25, -0.2) is 9.97 Å². The van der Waals surface area contributed by atoms with Crippen molar-refractivity contribution in [2.45, 2.75) is 13.8 Å². The Labute approximate surface area is 252 Å². The van der Waals surface area contributed by atoms with Crippen LogP contribution in [0.1, 0.15) is 11.1 Å². The topological polar surface area (TPSA) is 89.3 Å². The molecule has 2 aromatic heterocycles. The molecule has 9 heteroatoms. The Kier molecular flexibility index (Phi) is 7.56. The van der Waals surface area contributed by atoms with Crippen LogP contribution in [-0.4, -0.2) is 27.6 Å². The van der Waals surface area contributed by atoms with E-state index in [2.05, 4.69) is 10.6 Å². The zero-order valence-electron chi connectivity index (χ0n) is 22.8. The molecule has 1 amide bonds. The summed E-state index contributed by atoms with van der Waals surface area (Å²) in [5, 5.41) is 7.44. The van der Waals surface area contributed by atoms with Crippen molar-refractivity contribution in [1.29, 1.82) is 0 Å². The second-order valence-electron chi connectivity index (χ2n) is 9.80. The summed E-state index contributed by atoms with van der Waals surface area (Å²) in [5.74, 6) is 0.661. The number of amides is 1. The number of hydrogen-bond donors (Lipinski definition) is 2. The molecule has 0 radical (unpaired) electrons. The first-order chi connectivity index (χ1) is 20.3. The third-order valence-electron chi connectivity index (χ3n) is 6.69. The Bertz CT molecular complexity index is 1950. The minimum atomic E-state index is -0.388. The molecule has 208 valence electrons. The van der Waals surface area contributed by atoms with E-state index in [1.54, 1.807) is 12.1 Å². The van der Waals surface area contributed by atoms with Crippen molar-refractivity contribution in [3.63, 3.8) is 0 Å². The smallest absolute Gasteiger partial charge is 0.264 e. The minimum absolute atomic E-state index is 0.141. The van der Waals surface area contributed by atoms with Gasteiger partial charge in [0.2, 0.25) is 5.89 Å². The van der Waals surface area contributed by atoms with Gasteiger partial charge < -0.3 is 14.5 Å². The molecule has 42 heavy (non-hydrogen) atoms. The van der Waals surface area contributed by atoms with Crippen molar-refractivity contribution in [1.82, 2.24) is 15.3 Å². The molecule has 0 unspecified atom stereocenters.